The molecular formula is C20H23NO6S. The van der Waals surface area contributed by atoms with Gasteiger partial charge in [-0.05, 0) is 66.9 Å². The van der Waals surface area contributed by atoms with Crippen molar-refractivity contribution in [3.05, 3.63) is 53.7 Å². The van der Waals surface area contributed by atoms with Gasteiger partial charge in [0.15, 0.2) is 0 Å². The first-order valence-electron chi connectivity index (χ1n) is 8.68. The number of aliphatic hydroxyl groups is 2. The predicted molar refractivity (Wildman–Crippen MR) is 106 cm³/mol. The average Bonchev–Trinajstić information content (AvgIpc) is 2.67. The van der Waals surface area contributed by atoms with E-state index >= 15 is 0 Å². The first kappa shape index (κ1) is 21.7. The second kappa shape index (κ2) is 11.3. The Bertz CT molecular complexity index is 792. The molecule has 0 amide bonds. The number of thioether (sulfide) groups is 1. The molecular weight excluding hydrogens is 382 g/mol. The Kier molecular flexibility index (Phi) is 8.80. The summed E-state index contributed by atoms with van der Waals surface area (Å²) in [5.74, 6) is 0.170. The molecule has 0 fully saturated rings. The molecule has 0 bridgehead atoms. The van der Waals surface area contributed by atoms with E-state index in [1.54, 1.807) is 19.2 Å². The molecule has 0 aliphatic rings. The molecule has 0 spiro atoms. The number of aliphatic carboxylic acids is 1. The molecule has 0 radical (unpaired) electrons. The van der Waals surface area contributed by atoms with Crippen molar-refractivity contribution in [1.29, 1.82) is 0 Å². The number of nitrogens with zero attached hydrogens (tertiary/aromatic N) is 1. The number of unbranched alkanes of at least 4 members (excludes halogenated alkanes) is 1. The Hall–Kier alpha value is -2.55. The maximum Gasteiger partial charge on any atom is 0.328 e. The summed E-state index contributed by atoms with van der Waals surface area (Å²) in [6.45, 7) is 0.459. The van der Waals surface area contributed by atoms with Gasteiger partial charge < -0.3 is 24.8 Å². The van der Waals surface area contributed by atoms with Crippen LogP contribution in [-0.4, -0.2) is 45.6 Å². The van der Waals surface area contributed by atoms with Gasteiger partial charge in [-0.2, -0.15) is 0 Å². The van der Waals surface area contributed by atoms with Gasteiger partial charge in [0, 0.05) is 6.08 Å². The lowest BCUT2D eigenvalue weighted by atomic mass is 10.1. The van der Waals surface area contributed by atoms with Gasteiger partial charge in [0.05, 0.1) is 13.7 Å². The van der Waals surface area contributed by atoms with Crippen LogP contribution in [0.2, 0.25) is 0 Å². The number of aromatic nitrogens is 1. The van der Waals surface area contributed by atoms with Crippen molar-refractivity contribution in [3.63, 3.8) is 0 Å². The van der Waals surface area contributed by atoms with Crippen molar-refractivity contribution in [3.8, 4) is 11.5 Å². The van der Waals surface area contributed by atoms with Crippen LogP contribution in [0.1, 0.15) is 24.1 Å². The van der Waals surface area contributed by atoms with Gasteiger partial charge in [0.2, 0.25) is 5.62 Å². The van der Waals surface area contributed by atoms with E-state index in [9.17, 15) is 4.79 Å². The number of carbonyl (C=O) groups is 1. The highest BCUT2D eigenvalue weighted by Gasteiger charge is 2.09. The lowest BCUT2D eigenvalue weighted by Crippen LogP contribution is -2.03. The summed E-state index contributed by atoms with van der Waals surface area (Å²) < 4.78 is 10.9. The fraction of sp³-hybridized carbons (Fsp3) is 0.300. The average molecular weight is 405 g/mol. The van der Waals surface area contributed by atoms with Gasteiger partial charge in [-0.15, -0.1) is 0 Å². The van der Waals surface area contributed by atoms with Gasteiger partial charge >= 0.3 is 5.97 Å². The first-order valence-corrected chi connectivity index (χ1v) is 9.56. The lowest BCUT2D eigenvalue weighted by molar-refractivity contribution is -0.131. The number of hydrogen-bond acceptors (Lipinski definition) is 7. The summed E-state index contributed by atoms with van der Waals surface area (Å²) in [5.41, 5.74) is -0.0618. The number of rotatable bonds is 11. The molecule has 0 unspecified atom stereocenters. The molecule has 1 aromatic carbocycles. The smallest absolute Gasteiger partial charge is 0.328 e. The number of hydrogen-bond donors (Lipinski definition) is 3. The van der Waals surface area contributed by atoms with E-state index in [0.29, 0.717) is 23.1 Å². The second-order valence-corrected chi connectivity index (χ2v) is 6.88. The highest BCUT2D eigenvalue weighted by molar-refractivity contribution is 7.99. The van der Waals surface area contributed by atoms with Crippen LogP contribution in [0.5, 0.6) is 11.5 Å². The monoisotopic (exact) mass is 405 g/mol. The van der Waals surface area contributed by atoms with Gasteiger partial charge in [0.25, 0.3) is 0 Å². The summed E-state index contributed by atoms with van der Waals surface area (Å²) in [7, 11) is 1.64. The van der Waals surface area contributed by atoms with Crippen molar-refractivity contribution in [2.45, 2.75) is 29.9 Å². The van der Waals surface area contributed by atoms with Crippen LogP contribution in [0.4, 0.5) is 0 Å². The number of ether oxygens (including phenoxy) is 2. The zero-order valence-electron chi connectivity index (χ0n) is 15.4. The standard InChI is InChI=1S/C20H23NO6S/c1-26-15-7-5-14(6-8-15)4-2-3-13-27-17-10-11-18(28-20(24)25)21-16(17)9-12-19(22)23/h5-12,20,24-25H,2-4,13H2,1H3,(H,22,23). The Morgan fingerprint density at radius 3 is 2.57 bits per heavy atom. The van der Waals surface area contributed by atoms with Gasteiger partial charge in [-0.3, -0.25) is 0 Å². The molecule has 28 heavy (non-hydrogen) atoms. The number of methoxy groups -OCH3 is 1. The molecule has 0 saturated heterocycles. The van der Waals surface area contributed by atoms with Crippen molar-refractivity contribution in [2.24, 2.45) is 0 Å². The molecule has 0 aliphatic heterocycles. The summed E-state index contributed by atoms with van der Waals surface area (Å²) in [4.78, 5) is 15.0. The van der Waals surface area contributed by atoms with Crippen LogP contribution in [0.3, 0.4) is 0 Å². The predicted octanol–water partition coefficient (Wildman–Crippen LogP) is 2.95. The number of aryl methyl sites for hydroxylation is 1. The molecule has 0 atom stereocenters. The van der Waals surface area contributed by atoms with Gasteiger partial charge in [0.1, 0.15) is 22.2 Å². The minimum atomic E-state index is -1.60. The van der Waals surface area contributed by atoms with E-state index in [2.05, 4.69) is 4.98 Å². The molecule has 0 saturated carbocycles. The molecule has 1 heterocycles. The SMILES string of the molecule is COc1ccc(CCCCOc2ccc(SC(O)O)nc2C=CC(=O)O)cc1. The normalized spacial score (nSPS) is 11.1. The number of pyridine rings is 1. The molecule has 8 heteroatoms. The zero-order chi connectivity index (χ0) is 20.4. The fourth-order valence-electron chi connectivity index (χ4n) is 2.41. The number of carboxylic acid groups (broad SMARTS) is 1. The van der Waals surface area contributed by atoms with E-state index in [-0.39, 0.29) is 0 Å². The number of benzene rings is 1. The molecule has 2 aromatic rings. The van der Waals surface area contributed by atoms with Crippen molar-refractivity contribution in [1.82, 2.24) is 4.98 Å². The maximum atomic E-state index is 10.8. The van der Waals surface area contributed by atoms with Crippen LogP contribution < -0.4 is 9.47 Å². The highest BCUT2D eigenvalue weighted by atomic mass is 32.2. The van der Waals surface area contributed by atoms with E-state index in [0.717, 1.165) is 42.8 Å². The van der Waals surface area contributed by atoms with Gasteiger partial charge in [-0.25, -0.2) is 9.78 Å². The molecule has 1 aromatic heterocycles. The third-order valence-corrected chi connectivity index (χ3v) is 4.43. The first-order chi connectivity index (χ1) is 13.5. The summed E-state index contributed by atoms with van der Waals surface area (Å²) in [6.07, 6.45) is 4.96. The number of aliphatic hydroxyl groups excluding tert-OH is 1. The highest BCUT2D eigenvalue weighted by Crippen LogP contribution is 2.25. The van der Waals surface area contributed by atoms with Crippen LogP contribution in [0.25, 0.3) is 6.08 Å². The summed E-state index contributed by atoms with van der Waals surface area (Å²) in [6, 6.07) is 11.2. The van der Waals surface area contributed by atoms with Crippen molar-refractivity contribution >= 4 is 23.8 Å². The van der Waals surface area contributed by atoms with E-state index < -0.39 is 11.6 Å². The lowest BCUT2D eigenvalue weighted by Gasteiger charge is -2.11. The van der Waals surface area contributed by atoms with E-state index in [1.165, 1.54) is 11.6 Å². The Balaban J connectivity index is 1.89. The third kappa shape index (κ3) is 7.59. The second-order valence-electron chi connectivity index (χ2n) is 5.80. The zero-order valence-corrected chi connectivity index (χ0v) is 16.3. The van der Waals surface area contributed by atoms with Crippen LogP contribution in [-0.2, 0) is 11.2 Å². The number of carboxylic acids is 1. The van der Waals surface area contributed by atoms with Gasteiger partial charge in [-0.1, -0.05) is 12.1 Å². The van der Waals surface area contributed by atoms with Crippen molar-refractivity contribution < 1.29 is 29.6 Å². The Morgan fingerprint density at radius 2 is 1.93 bits per heavy atom. The van der Waals surface area contributed by atoms with Crippen LogP contribution in [0, 0.1) is 0 Å². The van der Waals surface area contributed by atoms with Crippen LogP contribution in [0.15, 0.2) is 47.5 Å². The summed E-state index contributed by atoms with van der Waals surface area (Å²) >= 11 is 0.742. The quantitative estimate of drug-likeness (QED) is 0.227. The van der Waals surface area contributed by atoms with Crippen LogP contribution >= 0.6 is 11.8 Å². The molecule has 2 rings (SSSR count). The largest absolute Gasteiger partial charge is 0.497 e. The van der Waals surface area contributed by atoms with E-state index in [1.807, 2.05) is 24.3 Å². The van der Waals surface area contributed by atoms with E-state index in [4.69, 9.17) is 24.8 Å². The topological polar surface area (TPSA) is 109 Å². The molecule has 0 aliphatic carbocycles. The third-order valence-electron chi connectivity index (χ3n) is 3.75. The summed E-state index contributed by atoms with van der Waals surface area (Å²) in [5, 5.41) is 27.2. The minimum absolute atomic E-state index is 0.322. The molecule has 150 valence electrons. The maximum absolute atomic E-state index is 10.8. The molecule has 7 nitrogen and oxygen atoms in total. The Morgan fingerprint density at radius 1 is 1.18 bits per heavy atom. The Labute approximate surface area is 167 Å². The fourth-order valence-corrected chi connectivity index (χ4v) is 2.93. The molecule has 3 N–H and O–H groups in total. The van der Waals surface area contributed by atoms with Crippen molar-refractivity contribution in [2.75, 3.05) is 13.7 Å². The minimum Gasteiger partial charge on any atom is -0.497 e.